The molecule has 0 spiro atoms. The second-order valence-electron chi connectivity index (χ2n) is 4.54. The summed E-state index contributed by atoms with van der Waals surface area (Å²) in [5.41, 5.74) is 1.04. The van der Waals surface area contributed by atoms with Crippen molar-refractivity contribution in [2.75, 3.05) is 20.1 Å². The molecular formula is C12H20N4. The number of nitrogens with one attached hydrogen (secondary N) is 1. The predicted octanol–water partition coefficient (Wildman–Crippen LogP) is 1.22. The van der Waals surface area contributed by atoms with Crippen LogP contribution in [0, 0.1) is 0 Å². The minimum atomic E-state index is 0.330. The largest absolute Gasteiger partial charge is 0.313 e. The van der Waals surface area contributed by atoms with Gasteiger partial charge in [-0.25, -0.2) is 0 Å². The molecule has 88 valence electrons. The van der Waals surface area contributed by atoms with Gasteiger partial charge in [-0.3, -0.25) is 14.9 Å². The zero-order chi connectivity index (χ0) is 11.4. The van der Waals surface area contributed by atoms with E-state index in [-0.39, 0.29) is 0 Å². The van der Waals surface area contributed by atoms with E-state index < -0.39 is 0 Å². The molecule has 1 aromatic heterocycles. The Hall–Kier alpha value is -1.00. The summed E-state index contributed by atoms with van der Waals surface area (Å²) in [6, 6.07) is 0.972. The van der Waals surface area contributed by atoms with Gasteiger partial charge in [0.15, 0.2) is 0 Å². The van der Waals surface area contributed by atoms with Crippen LogP contribution in [0.2, 0.25) is 0 Å². The summed E-state index contributed by atoms with van der Waals surface area (Å²) in [5, 5.41) is 3.52. The fraction of sp³-hybridized carbons (Fsp3) is 0.667. The van der Waals surface area contributed by atoms with Crippen LogP contribution in [-0.4, -0.2) is 41.0 Å². The summed E-state index contributed by atoms with van der Waals surface area (Å²) in [7, 11) is 2.15. The van der Waals surface area contributed by atoms with Crippen molar-refractivity contribution < 1.29 is 0 Å². The molecule has 1 fully saturated rings. The summed E-state index contributed by atoms with van der Waals surface area (Å²) in [5.74, 6) is 0. The molecular weight excluding hydrogens is 200 g/mol. The number of hydrogen-bond acceptors (Lipinski definition) is 4. The molecule has 0 unspecified atom stereocenters. The van der Waals surface area contributed by atoms with E-state index in [1.807, 2.05) is 6.20 Å². The molecule has 2 atom stereocenters. The second kappa shape index (κ2) is 5.37. The average molecular weight is 220 g/mol. The van der Waals surface area contributed by atoms with Crippen LogP contribution in [0.25, 0.3) is 0 Å². The number of likely N-dealkylation sites (N-methyl/N-ethyl adjacent to an activating group) is 1. The Balaban J connectivity index is 1.91. The Kier molecular flexibility index (Phi) is 3.85. The molecule has 0 amide bonds. The topological polar surface area (TPSA) is 41.1 Å². The quantitative estimate of drug-likeness (QED) is 0.828. The highest BCUT2D eigenvalue weighted by atomic mass is 15.2. The third-order valence-electron chi connectivity index (χ3n) is 3.34. The van der Waals surface area contributed by atoms with Gasteiger partial charge in [0, 0.05) is 31.2 Å². The Bertz CT molecular complexity index is 308. The smallest absolute Gasteiger partial charge is 0.0755 e. The van der Waals surface area contributed by atoms with E-state index in [1.54, 1.807) is 12.4 Å². The standard InChI is InChI=1S/C12H20N4/c1-10(12-8-13-6-7-15-12)16(2)9-11-4-3-5-14-11/h6-8,10-11,14H,3-5,9H2,1-2H3/t10-,11+/m1/s1. The SMILES string of the molecule is C[C@H](c1cnccn1)N(C)C[C@@H]1CCCN1. The lowest BCUT2D eigenvalue weighted by atomic mass is 10.1. The van der Waals surface area contributed by atoms with E-state index in [4.69, 9.17) is 0 Å². The van der Waals surface area contributed by atoms with Crippen molar-refractivity contribution in [1.29, 1.82) is 0 Å². The van der Waals surface area contributed by atoms with E-state index in [0.717, 1.165) is 18.8 Å². The fourth-order valence-electron chi connectivity index (χ4n) is 2.17. The van der Waals surface area contributed by atoms with Gasteiger partial charge in [0.2, 0.25) is 0 Å². The van der Waals surface area contributed by atoms with Crippen LogP contribution in [-0.2, 0) is 0 Å². The summed E-state index contributed by atoms with van der Waals surface area (Å²) >= 11 is 0. The third-order valence-corrected chi connectivity index (χ3v) is 3.34. The van der Waals surface area contributed by atoms with Gasteiger partial charge in [0.05, 0.1) is 11.7 Å². The molecule has 16 heavy (non-hydrogen) atoms. The van der Waals surface area contributed by atoms with Crippen LogP contribution in [0.5, 0.6) is 0 Å². The van der Waals surface area contributed by atoms with Gasteiger partial charge in [-0.05, 0) is 33.4 Å². The number of hydrogen-bond donors (Lipinski definition) is 1. The van der Waals surface area contributed by atoms with Crippen molar-refractivity contribution >= 4 is 0 Å². The van der Waals surface area contributed by atoms with Crippen molar-refractivity contribution in [1.82, 2.24) is 20.2 Å². The maximum absolute atomic E-state index is 4.35. The highest BCUT2D eigenvalue weighted by molar-refractivity contribution is 5.01. The maximum atomic E-state index is 4.35. The fourth-order valence-corrected chi connectivity index (χ4v) is 2.17. The summed E-state index contributed by atoms with van der Waals surface area (Å²) in [4.78, 5) is 10.8. The Morgan fingerprint density at radius 2 is 2.44 bits per heavy atom. The Morgan fingerprint density at radius 1 is 1.56 bits per heavy atom. The highest BCUT2D eigenvalue weighted by Crippen LogP contribution is 2.17. The van der Waals surface area contributed by atoms with Gasteiger partial charge >= 0.3 is 0 Å². The van der Waals surface area contributed by atoms with Crippen molar-refractivity contribution in [3.05, 3.63) is 24.3 Å². The van der Waals surface area contributed by atoms with Crippen molar-refractivity contribution in [3.63, 3.8) is 0 Å². The van der Waals surface area contributed by atoms with Gasteiger partial charge in [-0.2, -0.15) is 0 Å². The highest BCUT2D eigenvalue weighted by Gasteiger charge is 2.20. The van der Waals surface area contributed by atoms with Crippen LogP contribution < -0.4 is 5.32 Å². The first-order valence-corrected chi connectivity index (χ1v) is 5.97. The van der Waals surface area contributed by atoms with Crippen LogP contribution >= 0.6 is 0 Å². The summed E-state index contributed by atoms with van der Waals surface area (Å²) in [6.07, 6.45) is 7.92. The van der Waals surface area contributed by atoms with E-state index in [0.29, 0.717) is 12.1 Å². The molecule has 2 heterocycles. The van der Waals surface area contributed by atoms with E-state index in [9.17, 15) is 0 Å². The van der Waals surface area contributed by atoms with E-state index in [1.165, 1.54) is 12.8 Å². The molecule has 0 radical (unpaired) electrons. The van der Waals surface area contributed by atoms with Gasteiger partial charge < -0.3 is 5.32 Å². The summed E-state index contributed by atoms with van der Waals surface area (Å²) < 4.78 is 0. The Labute approximate surface area is 97.1 Å². The van der Waals surface area contributed by atoms with Gasteiger partial charge in [0.25, 0.3) is 0 Å². The zero-order valence-electron chi connectivity index (χ0n) is 10.1. The molecule has 0 saturated carbocycles. The first-order chi connectivity index (χ1) is 7.77. The zero-order valence-corrected chi connectivity index (χ0v) is 10.1. The lowest BCUT2D eigenvalue weighted by molar-refractivity contribution is 0.234. The molecule has 1 aliphatic rings. The molecule has 0 bridgehead atoms. The minimum absolute atomic E-state index is 0.330. The summed E-state index contributed by atoms with van der Waals surface area (Å²) in [6.45, 7) is 4.43. The average Bonchev–Trinajstić information content (AvgIpc) is 2.82. The van der Waals surface area contributed by atoms with Gasteiger partial charge in [0.1, 0.15) is 0 Å². The third kappa shape index (κ3) is 2.77. The van der Waals surface area contributed by atoms with Crippen LogP contribution in [0.3, 0.4) is 0 Å². The van der Waals surface area contributed by atoms with E-state index >= 15 is 0 Å². The van der Waals surface area contributed by atoms with Gasteiger partial charge in [-0.1, -0.05) is 0 Å². The Morgan fingerprint density at radius 3 is 3.06 bits per heavy atom. The second-order valence-corrected chi connectivity index (χ2v) is 4.54. The number of nitrogens with zero attached hydrogens (tertiary/aromatic N) is 3. The molecule has 1 aliphatic heterocycles. The van der Waals surface area contributed by atoms with Gasteiger partial charge in [-0.15, -0.1) is 0 Å². The molecule has 0 aliphatic carbocycles. The van der Waals surface area contributed by atoms with Crippen molar-refractivity contribution in [3.8, 4) is 0 Å². The first-order valence-electron chi connectivity index (χ1n) is 5.97. The molecule has 0 aromatic carbocycles. The van der Waals surface area contributed by atoms with Crippen LogP contribution in [0.15, 0.2) is 18.6 Å². The number of aromatic nitrogens is 2. The molecule has 1 N–H and O–H groups in total. The predicted molar refractivity (Wildman–Crippen MR) is 64.1 cm³/mol. The minimum Gasteiger partial charge on any atom is -0.313 e. The first kappa shape index (κ1) is 11.5. The molecule has 1 saturated heterocycles. The molecule has 4 nitrogen and oxygen atoms in total. The normalized spacial score (nSPS) is 22.6. The molecule has 4 heteroatoms. The molecule has 2 rings (SSSR count). The van der Waals surface area contributed by atoms with Crippen LogP contribution in [0.4, 0.5) is 0 Å². The number of rotatable bonds is 4. The van der Waals surface area contributed by atoms with Crippen molar-refractivity contribution in [2.45, 2.75) is 31.8 Å². The lowest BCUT2D eigenvalue weighted by Gasteiger charge is -2.26. The maximum Gasteiger partial charge on any atom is 0.0755 e. The molecule has 1 aromatic rings. The monoisotopic (exact) mass is 220 g/mol. The van der Waals surface area contributed by atoms with E-state index in [2.05, 4.69) is 34.2 Å². The van der Waals surface area contributed by atoms with Crippen molar-refractivity contribution in [2.24, 2.45) is 0 Å². The van der Waals surface area contributed by atoms with Crippen LogP contribution in [0.1, 0.15) is 31.5 Å². The lowest BCUT2D eigenvalue weighted by Crippen LogP contribution is -2.36.